The number of para-hydroxylation sites is 1. The van der Waals surface area contributed by atoms with Gasteiger partial charge in [-0.05, 0) is 31.2 Å². The van der Waals surface area contributed by atoms with E-state index in [2.05, 4.69) is 4.99 Å². The van der Waals surface area contributed by atoms with Crippen molar-refractivity contribution in [3.63, 3.8) is 0 Å². The van der Waals surface area contributed by atoms with E-state index >= 15 is 0 Å². The van der Waals surface area contributed by atoms with Crippen LogP contribution in [0.2, 0.25) is 0 Å². The Labute approximate surface area is 128 Å². The van der Waals surface area contributed by atoms with E-state index in [1.54, 1.807) is 6.08 Å². The zero-order valence-electron chi connectivity index (χ0n) is 12.2. The van der Waals surface area contributed by atoms with Crippen LogP contribution in [0.1, 0.15) is 18.1 Å². The van der Waals surface area contributed by atoms with Gasteiger partial charge in [-0.25, -0.2) is 9.79 Å². The number of carbonyl (C=O) groups excluding carboxylic acids is 1. The van der Waals surface area contributed by atoms with Crippen LogP contribution < -0.4 is 4.74 Å². The lowest BCUT2D eigenvalue weighted by atomic mass is 10.1. The molecule has 0 unspecified atom stereocenters. The Bertz CT molecular complexity index is 748. The molecule has 3 rings (SSSR count). The molecule has 1 aliphatic rings. The fourth-order valence-corrected chi connectivity index (χ4v) is 2.15. The normalized spacial score (nSPS) is 15.6. The monoisotopic (exact) mass is 293 g/mol. The van der Waals surface area contributed by atoms with Gasteiger partial charge in [0.15, 0.2) is 5.70 Å². The Hall–Kier alpha value is -2.88. The van der Waals surface area contributed by atoms with Gasteiger partial charge in [0.1, 0.15) is 5.75 Å². The number of rotatable bonds is 4. The highest BCUT2D eigenvalue weighted by Crippen LogP contribution is 2.24. The second-order valence-electron chi connectivity index (χ2n) is 4.67. The van der Waals surface area contributed by atoms with Crippen molar-refractivity contribution < 1.29 is 14.3 Å². The molecule has 0 fully saturated rings. The largest absolute Gasteiger partial charge is 0.493 e. The maximum atomic E-state index is 12.0. The van der Waals surface area contributed by atoms with Crippen molar-refractivity contribution in [1.29, 1.82) is 0 Å². The SMILES string of the molecule is CCOc1ccccc1/C=C1/N=C(c2ccccc2)OC1=O. The van der Waals surface area contributed by atoms with Crippen LogP contribution >= 0.6 is 0 Å². The summed E-state index contributed by atoms with van der Waals surface area (Å²) >= 11 is 0. The van der Waals surface area contributed by atoms with Gasteiger partial charge < -0.3 is 9.47 Å². The van der Waals surface area contributed by atoms with Crippen LogP contribution in [0.4, 0.5) is 0 Å². The first-order valence-electron chi connectivity index (χ1n) is 7.07. The number of esters is 1. The fourth-order valence-electron chi connectivity index (χ4n) is 2.15. The van der Waals surface area contributed by atoms with Crippen molar-refractivity contribution in [3.8, 4) is 5.75 Å². The van der Waals surface area contributed by atoms with E-state index < -0.39 is 5.97 Å². The molecule has 0 atom stereocenters. The Morgan fingerprint density at radius 2 is 1.82 bits per heavy atom. The van der Waals surface area contributed by atoms with Crippen molar-refractivity contribution in [3.05, 3.63) is 71.4 Å². The van der Waals surface area contributed by atoms with Gasteiger partial charge in [0.05, 0.1) is 6.61 Å². The number of cyclic esters (lactones) is 1. The van der Waals surface area contributed by atoms with E-state index in [0.29, 0.717) is 18.3 Å². The average molecular weight is 293 g/mol. The maximum Gasteiger partial charge on any atom is 0.363 e. The Morgan fingerprint density at radius 3 is 2.59 bits per heavy atom. The van der Waals surface area contributed by atoms with Gasteiger partial charge >= 0.3 is 5.97 Å². The van der Waals surface area contributed by atoms with Crippen LogP contribution in [-0.4, -0.2) is 18.5 Å². The molecule has 0 bridgehead atoms. The molecule has 0 spiro atoms. The van der Waals surface area contributed by atoms with Gasteiger partial charge in [-0.1, -0.05) is 36.4 Å². The zero-order chi connectivity index (χ0) is 15.4. The summed E-state index contributed by atoms with van der Waals surface area (Å²) in [5.41, 5.74) is 1.85. The first-order chi connectivity index (χ1) is 10.8. The maximum absolute atomic E-state index is 12.0. The third kappa shape index (κ3) is 2.91. The average Bonchev–Trinajstić information content (AvgIpc) is 2.91. The van der Waals surface area contributed by atoms with Gasteiger partial charge in [0.2, 0.25) is 5.90 Å². The summed E-state index contributed by atoms with van der Waals surface area (Å²) in [4.78, 5) is 16.3. The molecule has 110 valence electrons. The fraction of sp³-hybridized carbons (Fsp3) is 0.111. The molecule has 4 heteroatoms. The summed E-state index contributed by atoms with van der Waals surface area (Å²) in [7, 11) is 0. The predicted molar refractivity (Wildman–Crippen MR) is 84.7 cm³/mol. The first-order valence-corrected chi connectivity index (χ1v) is 7.07. The highest BCUT2D eigenvalue weighted by atomic mass is 16.6. The van der Waals surface area contributed by atoms with Crippen LogP contribution in [0.25, 0.3) is 6.08 Å². The Balaban J connectivity index is 1.95. The minimum atomic E-state index is -0.454. The number of ether oxygens (including phenoxy) is 2. The molecular formula is C18H15NO3. The lowest BCUT2D eigenvalue weighted by molar-refractivity contribution is -0.129. The molecule has 0 amide bonds. The number of hydrogen-bond donors (Lipinski definition) is 0. The van der Waals surface area contributed by atoms with E-state index in [1.807, 2.05) is 61.5 Å². The van der Waals surface area contributed by atoms with E-state index in [4.69, 9.17) is 9.47 Å². The van der Waals surface area contributed by atoms with E-state index in [9.17, 15) is 4.79 Å². The summed E-state index contributed by atoms with van der Waals surface area (Å²) < 4.78 is 10.8. The first kappa shape index (κ1) is 14.1. The minimum absolute atomic E-state index is 0.269. The van der Waals surface area contributed by atoms with Crippen molar-refractivity contribution in [2.45, 2.75) is 6.92 Å². The third-order valence-corrected chi connectivity index (χ3v) is 3.15. The van der Waals surface area contributed by atoms with Gasteiger partial charge in [-0.2, -0.15) is 0 Å². The molecule has 22 heavy (non-hydrogen) atoms. The van der Waals surface area contributed by atoms with Crippen LogP contribution in [0.15, 0.2) is 65.3 Å². The summed E-state index contributed by atoms with van der Waals surface area (Å²) in [6, 6.07) is 16.9. The minimum Gasteiger partial charge on any atom is -0.493 e. The third-order valence-electron chi connectivity index (χ3n) is 3.15. The highest BCUT2D eigenvalue weighted by Gasteiger charge is 2.24. The molecule has 1 heterocycles. The number of carbonyl (C=O) groups is 1. The topological polar surface area (TPSA) is 47.9 Å². The van der Waals surface area contributed by atoms with Gasteiger partial charge in [0.25, 0.3) is 0 Å². The van der Waals surface area contributed by atoms with Crippen LogP contribution in [0.3, 0.4) is 0 Å². The quantitative estimate of drug-likeness (QED) is 0.641. The van der Waals surface area contributed by atoms with Crippen molar-refractivity contribution in [2.24, 2.45) is 4.99 Å². The van der Waals surface area contributed by atoms with E-state index in [0.717, 1.165) is 11.1 Å². The molecule has 2 aromatic carbocycles. The summed E-state index contributed by atoms with van der Waals surface area (Å²) in [6.45, 7) is 2.47. The lowest BCUT2D eigenvalue weighted by Crippen LogP contribution is -2.05. The van der Waals surface area contributed by atoms with E-state index in [-0.39, 0.29) is 5.70 Å². The molecular weight excluding hydrogens is 278 g/mol. The second kappa shape index (κ2) is 6.26. The molecule has 2 aromatic rings. The number of benzene rings is 2. The van der Waals surface area contributed by atoms with Crippen LogP contribution in [-0.2, 0) is 9.53 Å². The molecule has 1 aliphatic heterocycles. The van der Waals surface area contributed by atoms with Crippen molar-refractivity contribution in [1.82, 2.24) is 0 Å². The molecule has 4 nitrogen and oxygen atoms in total. The number of aliphatic imine (C=N–C) groups is 1. The zero-order valence-corrected chi connectivity index (χ0v) is 12.2. The summed E-state index contributed by atoms with van der Waals surface area (Å²) in [5.74, 6) is 0.588. The van der Waals surface area contributed by atoms with Gasteiger partial charge in [-0.15, -0.1) is 0 Å². The smallest absolute Gasteiger partial charge is 0.363 e. The molecule has 0 saturated carbocycles. The Morgan fingerprint density at radius 1 is 1.09 bits per heavy atom. The standard InChI is InChI=1S/C18H15NO3/c1-2-21-16-11-7-6-10-14(16)12-15-18(20)22-17(19-15)13-8-4-3-5-9-13/h3-12H,2H2,1H3/b15-12+. The van der Waals surface area contributed by atoms with E-state index in [1.165, 1.54) is 0 Å². The van der Waals surface area contributed by atoms with Crippen molar-refractivity contribution in [2.75, 3.05) is 6.61 Å². The Kier molecular flexibility index (Phi) is 4.01. The highest BCUT2D eigenvalue weighted by molar-refractivity contribution is 6.12. The second-order valence-corrected chi connectivity index (χ2v) is 4.67. The molecule has 0 radical (unpaired) electrons. The summed E-state index contributed by atoms with van der Waals surface area (Å²) in [5, 5.41) is 0. The molecule has 0 aromatic heterocycles. The van der Waals surface area contributed by atoms with Crippen molar-refractivity contribution >= 4 is 17.9 Å². The molecule has 0 saturated heterocycles. The van der Waals surface area contributed by atoms with Gasteiger partial charge in [-0.3, -0.25) is 0 Å². The van der Waals surface area contributed by atoms with Gasteiger partial charge in [0, 0.05) is 11.1 Å². The number of nitrogens with zero attached hydrogens (tertiary/aromatic N) is 1. The lowest BCUT2D eigenvalue weighted by Gasteiger charge is -2.06. The summed E-state index contributed by atoms with van der Waals surface area (Å²) in [6.07, 6.45) is 1.68. The predicted octanol–water partition coefficient (Wildman–Crippen LogP) is 3.43. The molecule has 0 aliphatic carbocycles. The number of hydrogen-bond acceptors (Lipinski definition) is 4. The van der Waals surface area contributed by atoms with Crippen LogP contribution in [0, 0.1) is 0 Å². The molecule has 0 N–H and O–H groups in total. The van der Waals surface area contributed by atoms with Crippen LogP contribution in [0.5, 0.6) is 5.75 Å².